The van der Waals surface area contributed by atoms with Gasteiger partial charge in [0.2, 0.25) is 0 Å². The number of aliphatic hydroxyl groups is 1. The summed E-state index contributed by atoms with van der Waals surface area (Å²) >= 11 is 5.69. The minimum Gasteiger partial charge on any atom is -0.392 e. The number of aliphatic hydroxyl groups excluding tert-OH is 1. The predicted molar refractivity (Wildman–Crippen MR) is 61.9 cm³/mol. The molecule has 0 spiro atoms. The molecular formula is C12H15ClFNO. The monoisotopic (exact) mass is 243 g/mol. The Morgan fingerprint density at radius 2 is 2.25 bits per heavy atom. The second kappa shape index (κ2) is 5.13. The van der Waals surface area contributed by atoms with Gasteiger partial charge in [-0.2, -0.15) is 0 Å². The van der Waals surface area contributed by atoms with Crippen LogP contribution in [0.4, 0.5) is 4.39 Å². The zero-order valence-electron chi connectivity index (χ0n) is 8.92. The van der Waals surface area contributed by atoms with E-state index in [1.165, 1.54) is 6.07 Å². The second-order valence-corrected chi connectivity index (χ2v) is 4.64. The highest BCUT2D eigenvalue weighted by molar-refractivity contribution is 6.30. The highest BCUT2D eigenvalue weighted by Crippen LogP contribution is 2.20. The lowest BCUT2D eigenvalue weighted by Gasteiger charge is -2.16. The molecule has 88 valence electrons. The van der Waals surface area contributed by atoms with Crippen LogP contribution in [0.2, 0.25) is 5.02 Å². The molecule has 0 aromatic heterocycles. The number of benzene rings is 1. The maximum Gasteiger partial charge on any atom is 0.141 e. The molecule has 1 aromatic rings. The van der Waals surface area contributed by atoms with Crippen molar-refractivity contribution in [2.45, 2.75) is 38.0 Å². The van der Waals surface area contributed by atoms with Gasteiger partial charge in [-0.15, -0.1) is 0 Å². The van der Waals surface area contributed by atoms with Gasteiger partial charge in [-0.05, 0) is 37.0 Å². The summed E-state index contributed by atoms with van der Waals surface area (Å²) < 4.78 is 12.9. The Hall–Kier alpha value is -0.640. The normalized spacial score (nSPS) is 24.9. The first kappa shape index (κ1) is 11.8. The van der Waals surface area contributed by atoms with Gasteiger partial charge >= 0.3 is 0 Å². The van der Waals surface area contributed by atoms with E-state index in [1.807, 2.05) is 0 Å². The highest BCUT2D eigenvalue weighted by Gasteiger charge is 2.24. The SMILES string of the molecule is OC1CCCC1NCc1ccc(F)c(Cl)c1. The van der Waals surface area contributed by atoms with Crippen LogP contribution in [0.25, 0.3) is 0 Å². The fourth-order valence-electron chi connectivity index (χ4n) is 2.08. The minimum atomic E-state index is -0.397. The van der Waals surface area contributed by atoms with E-state index in [-0.39, 0.29) is 17.2 Å². The third kappa shape index (κ3) is 2.73. The van der Waals surface area contributed by atoms with E-state index in [2.05, 4.69) is 5.32 Å². The summed E-state index contributed by atoms with van der Waals surface area (Å²) in [6.07, 6.45) is 2.66. The summed E-state index contributed by atoms with van der Waals surface area (Å²) in [5, 5.41) is 13.0. The smallest absolute Gasteiger partial charge is 0.141 e. The second-order valence-electron chi connectivity index (χ2n) is 4.23. The molecule has 1 fully saturated rings. The lowest BCUT2D eigenvalue weighted by molar-refractivity contribution is 0.148. The van der Waals surface area contributed by atoms with E-state index in [4.69, 9.17) is 11.6 Å². The quantitative estimate of drug-likeness (QED) is 0.855. The van der Waals surface area contributed by atoms with Crippen LogP contribution in [-0.4, -0.2) is 17.3 Å². The van der Waals surface area contributed by atoms with Crippen molar-refractivity contribution in [1.82, 2.24) is 5.32 Å². The van der Waals surface area contributed by atoms with Crippen molar-refractivity contribution in [3.63, 3.8) is 0 Å². The molecule has 0 heterocycles. The number of hydrogen-bond donors (Lipinski definition) is 2. The molecule has 16 heavy (non-hydrogen) atoms. The lowest BCUT2D eigenvalue weighted by atomic mass is 10.1. The number of rotatable bonds is 3. The first-order chi connectivity index (χ1) is 7.66. The van der Waals surface area contributed by atoms with Crippen LogP contribution < -0.4 is 5.32 Å². The van der Waals surface area contributed by atoms with E-state index in [0.717, 1.165) is 24.8 Å². The summed E-state index contributed by atoms with van der Waals surface area (Å²) in [5.74, 6) is -0.397. The highest BCUT2D eigenvalue weighted by atomic mass is 35.5. The molecule has 2 N–H and O–H groups in total. The summed E-state index contributed by atoms with van der Waals surface area (Å²) in [6.45, 7) is 0.613. The molecule has 0 amide bonds. The van der Waals surface area contributed by atoms with Crippen LogP contribution in [0.3, 0.4) is 0 Å². The van der Waals surface area contributed by atoms with Crippen molar-refractivity contribution in [1.29, 1.82) is 0 Å². The van der Waals surface area contributed by atoms with Crippen LogP contribution in [0, 0.1) is 5.82 Å². The minimum absolute atomic E-state index is 0.145. The van der Waals surface area contributed by atoms with Crippen molar-refractivity contribution < 1.29 is 9.50 Å². The average Bonchev–Trinajstić information content (AvgIpc) is 2.66. The lowest BCUT2D eigenvalue weighted by Crippen LogP contribution is -2.35. The van der Waals surface area contributed by atoms with Crippen molar-refractivity contribution in [2.75, 3.05) is 0 Å². The van der Waals surface area contributed by atoms with Crippen molar-refractivity contribution in [2.24, 2.45) is 0 Å². The van der Waals surface area contributed by atoms with Crippen molar-refractivity contribution >= 4 is 11.6 Å². The molecular weight excluding hydrogens is 229 g/mol. The molecule has 0 saturated heterocycles. The van der Waals surface area contributed by atoms with Gasteiger partial charge in [0, 0.05) is 12.6 Å². The molecule has 1 aromatic carbocycles. The predicted octanol–water partition coefficient (Wildman–Crippen LogP) is 2.48. The maximum absolute atomic E-state index is 12.9. The number of halogens is 2. The fraction of sp³-hybridized carbons (Fsp3) is 0.500. The maximum atomic E-state index is 12.9. The van der Waals surface area contributed by atoms with Crippen LogP contribution in [-0.2, 0) is 6.54 Å². The molecule has 2 nitrogen and oxygen atoms in total. The zero-order valence-corrected chi connectivity index (χ0v) is 9.67. The van der Waals surface area contributed by atoms with Gasteiger partial charge in [-0.3, -0.25) is 0 Å². The molecule has 2 rings (SSSR count). The summed E-state index contributed by atoms with van der Waals surface area (Å²) in [6, 6.07) is 4.84. The Labute approximate surface area is 99.4 Å². The summed E-state index contributed by atoms with van der Waals surface area (Å²) in [5.41, 5.74) is 0.936. The number of nitrogens with one attached hydrogen (secondary N) is 1. The van der Waals surface area contributed by atoms with E-state index in [0.29, 0.717) is 6.54 Å². The first-order valence-corrected chi connectivity index (χ1v) is 5.90. The van der Waals surface area contributed by atoms with Gasteiger partial charge < -0.3 is 10.4 Å². The Morgan fingerprint density at radius 1 is 1.44 bits per heavy atom. The first-order valence-electron chi connectivity index (χ1n) is 5.52. The fourth-order valence-corrected chi connectivity index (χ4v) is 2.28. The Balaban J connectivity index is 1.91. The van der Waals surface area contributed by atoms with Crippen molar-refractivity contribution in [3.8, 4) is 0 Å². The molecule has 0 bridgehead atoms. The van der Waals surface area contributed by atoms with E-state index >= 15 is 0 Å². The van der Waals surface area contributed by atoms with Gasteiger partial charge in [0.05, 0.1) is 11.1 Å². The standard InChI is InChI=1S/C12H15ClFNO/c13-9-6-8(4-5-10(9)14)7-15-11-2-1-3-12(11)16/h4-6,11-12,15-16H,1-3,7H2. The molecule has 1 saturated carbocycles. The molecule has 0 aliphatic heterocycles. The Kier molecular flexibility index (Phi) is 3.79. The molecule has 0 radical (unpaired) electrons. The third-order valence-electron chi connectivity index (χ3n) is 3.03. The van der Waals surface area contributed by atoms with Gasteiger partial charge in [0.15, 0.2) is 0 Å². The topological polar surface area (TPSA) is 32.3 Å². The molecule has 1 aliphatic rings. The Bertz CT molecular complexity index is 372. The van der Waals surface area contributed by atoms with Crippen molar-refractivity contribution in [3.05, 3.63) is 34.6 Å². The van der Waals surface area contributed by atoms with Crippen LogP contribution in [0.1, 0.15) is 24.8 Å². The molecule has 4 heteroatoms. The molecule has 2 unspecified atom stereocenters. The van der Waals surface area contributed by atoms with Crippen LogP contribution >= 0.6 is 11.6 Å². The zero-order chi connectivity index (χ0) is 11.5. The van der Waals surface area contributed by atoms with Gasteiger partial charge in [0.25, 0.3) is 0 Å². The van der Waals surface area contributed by atoms with Gasteiger partial charge in [0.1, 0.15) is 5.82 Å². The number of hydrogen-bond acceptors (Lipinski definition) is 2. The van der Waals surface area contributed by atoms with E-state index < -0.39 is 5.82 Å². The average molecular weight is 244 g/mol. The molecule has 2 atom stereocenters. The molecule has 1 aliphatic carbocycles. The largest absolute Gasteiger partial charge is 0.392 e. The Morgan fingerprint density at radius 3 is 2.88 bits per heavy atom. The van der Waals surface area contributed by atoms with Crippen LogP contribution in [0.15, 0.2) is 18.2 Å². The summed E-state index contributed by atoms with van der Waals surface area (Å²) in [7, 11) is 0. The van der Waals surface area contributed by atoms with Gasteiger partial charge in [-0.1, -0.05) is 17.7 Å². The van der Waals surface area contributed by atoms with Crippen LogP contribution in [0.5, 0.6) is 0 Å². The third-order valence-corrected chi connectivity index (χ3v) is 3.32. The summed E-state index contributed by atoms with van der Waals surface area (Å²) in [4.78, 5) is 0. The van der Waals surface area contributed by atoms with E-state index in [1.54, 1.807) is 12.1 Å². The van der Waals surface area contributed by atoms with Gasteiger partial charge in [-0.25, -0.2) is 4.39 Å². The van der Waals surface area contributed by atoms with E-state index in [9.17, 15) is 9.50 Å².